The number of unbranched alkanes of at least 4 members (excludes halogenated alkanes) is 27. The van der Waals surface area contributed by atoms with Gasteiger partial charge in [-0.05, 0) is 38.5 Å². The molecule has 0 aromatic heterocycles. The molecule has 0 aliphatic rings. The highest BCUT2D eigenvalue weighted by molar-refractivity contribution is 7.45. The molecular formula is C46H90NO8P. The minimum absolute atomic E-state index is 0.0293. The normalized spacial score (nSPS) is 13.6. The average Bonchev–Trinajstić information content (AvgIpc) is 3.15. The van der Waals surface area contributed by atoms with Crippen molar-refractivity contribution in [3.8, 4) is 0 Å². The second-order valence-corrected chi connectivity index (χ2v) is 18.5. The first-order valence-corrected chi connectivity index (χ1v) is 24.9. The molecular weight excluding hydrogens is 725 g/mol. The summed E-state index contributed by atoms with van der Waals surface area (Å²) in [5, 5.41) is 0. The van der Waals surface area contributed by atoms with Crippen LogP contribution in [0.1, 0.15) is 219 Å². The minimum Gasteiger partial charge on any atom is -0.756 e. The van der Waals surface area contributed by atoms with E-state index >= 15 is 0 Å². The maximum Gasteiger partial charge on any atom is 0.306 e. The Bertz CT molecular complexity index is 969. The number of hydrogen-bond donors (Lipinski definition) is 0. The Kier molecular flexibility index (Phi) is 38.3. The molecule has 0 saturated heterocycles. The molecule has 0 bridgehead atoms. The number of hydrogen-bond acceptors (Lipinski definition) is 8. The molecule has 0 radical (unpaired) electrons. The van der Waals surface area contributed by atoms with Crippen molar-refractivity contribution in [1.29, 1.82) is 0 Å². The molecule has 0 heterocycles. The van der Waals surface area contributed by atoms with Crippen LogP contribution in [-0.2, 0) is 32.7 Å². The van der Waals surface area contributed by atoms with Crippen molar-refractivity contribution in [1.82, 2.24) is 0 Å². The molecule has 0 spiro atoms. The van der Waals surface area contributed by atoms with E-state index in [1.165, 1.54) is 128 Å². The first-order valence-electron chi connectivity index (χ1n) is 23.4. The van der Waals surface area contributed by atoms with E-state index in [4.69, 9.17) is 18.5 Å². The van der Waals surface area contributed by atoms with Crippen LogP contribution >= 0.6 is 7.82 Å². The van der Waals surface area contributed by atoms with Crippen molar-refractivity contribution in [3.05, 3.63) is 12.2 Å². The first kappa shape index (κ1) is 54.8. The zero-order chi connectivity index (χ0) is 41.4. The molecule has 0 aliphatic carbocycles. The summed E-state index contributed by atoms with van der Waals surface area (Å²) in [5.74, 6) is -0.834. The Labute approximate surface area is 346 Å². The lowest BCUT2D eigenvalue weighted by Gasteiger charge is -2.28. The van der Waals surface area contributed by atoms with Crippen LogP contribution in [0, 0.1) is 0 Å². The Morgan fingerprint density at radius 3 is 1.36 bits per heavy atom. The van der Waals surface area contributed by atoms with Crippen LogP contribution in [0.3, 0.4) is 0 Å². The standard InChI is InChI=1S/C46H90NO8P/c1-6-8-10-12-14-16-18-20-21-22-23-24-25-26-27-29-30-32-34-36-38-45(48)52-42-44(43-54-56(50,51)53-41-40-47(3,4)5)55-46(49)39-37-35-33-31-28-19-17-15-13-11-9-7-2/h15,17,44H,6-14,16,18-43H2,1-5H3/b17-15+/t44-/m1/s1. The van der Waals surface area contributed by atoms with Gasteiger partial charge in [0.2, 0.25) is 0 Å². The highest BCUT2D eigenvalue weighted by atomic mass is 31.2. The molecule has 10 heteroatoms. The number of carbonyl (C=O) groups excluding carboxylic acids is 2. The van der Waals surface area contributed by atoms with Gasteiger partial charge in [-0.2, -0.15) is 0 Å². The number of nitrogens with zero attached hydrogens (tertiary/aromatic N) is 1. The van der Waals surface area contributed by atoms with Gasteiger partial charge < -0.3 is 27.9 Å². The number of phosphoric acid groups is 1. The smallest absolute Gasteiger partial charge is 0.306 e. The van der Waals surface area contributed by atoms with Gasteiger partial charge in [-0.25, -0.2) is 0 Å². The SMILES string of the molecule is CCCCC/C=C/CCCCCCCC(=O)O[C@H](COC(=O)CCCCCCCCCCCCCCCCCCCCCC)COP(=O)([O-])OCC[N+](C)(C)C. The molecule has 0 fully saturated rings. The quantitative estimate of drug-likeness (QED) is 0.0197. The van der Waals surface area contributed by atoms with E-state index in [-0.39, 0.29) is 32.0 Å². The lowest BCUT2D eigenvalue weighted by atomic mass is 10.0. The third-order valence-corrected chi connectivity index (χ3v) is 11.2. The summed E-state index contributed by atoms with van der Waals surface area (Å²) in [6, 6.07) is 0. The zero-order valence-corrected chi connectivity index (χ0v) is 38.2. The summed E-state index contributed by atoms with van der Waals surface area (Å²) < 4.78 is 33.9. The molecule has 1 unspecified atom stereocenters. The van der Waals surface area contributed by atoms with E-state index in [1.54, 1.807) is 0 Å². The van der Waals surface area contributed by atoms with Crippen LogP contribution in [0.2, 0.25) is 0 Å². The molecule has 0 rings (SSSR count). The van der Waals surface area contributed by atoms with Crippen LogP contribution in [0.4, 0.5) is 0 Å². The Balaban J connectivity index is 4.22. The van der Waals surface area contributed by atoms with Crippen LogP contribution in [0.25, 0.3) is 0 Å². The molecule has 0 amide bonds. The van der Waals surface area contributed by atoms with Crippen LogP contribution < -0.4 is 4.89 Å². The molecule has 0 aliphatic heterocycles. The minimum atomic E-state index is -4.62. The molecule has 9 nitrogen and oxygen atoms in total. The van der Waals surface area contributed by atoms with E-state index in [1.807, 2.05) is 21.1 Å². The molecule has 56 heavy (non-hydrogen) atoms. The van der Waals surface area contributed by atoms with Gasteiger partial charge >= 0.3 is 11.9 Å². The van der Waals surface area contributed by atoms with Gasteiger partial charge in [0.1, 0.15) is 19.8 Å². The topological polar surface area (TPSA) is 111 Å². The van der Waals surface area contributed by atoms with Crippen molar-refractivity contribution in [2.24, 2.45) is 0 Å². The number of allylic oxidation sites excluding steroid dienone is 2. The van der Waals surface area contributed by atoms with E-state index in [2.05, 4.69) is 26.0 Å². The van der Waals surface area contributed by atoms with Gasteiger partial charge in [0.15, 0.2) is 6.10 Å². The van der Waals surface area contributed by atoms with E-state index < -0.39 is 26.5 Å². The van der Waals surface area contributed by atoms with Crippen molar-refractivity contribution < 1.29 is 42.1 Å². The Morgan fingerprint density at radius 1 is 0.536 bits per heavy atom. The summed E-state index contributed by atoms with van der Waals surface area (Å²) in [6.45, 7) is 4.22. The third kappa shape index (κ3) is 42.4. The fourth-order valence-electron chi connectivity index (χ4n) is 6.59. The molecule has 0 aromatic carbocycles. The Morgan fingerprint density at radius 2 is 0.911 bits per heavy atom. The summed E-state index contributed by atoms with van der Waals surface area (Å²) in [5.41, 5.74) is 0. The summed E-state index contributed by atoms with van der Waals surface area (Å²) >= 11 is 0. The lowest BCUT2D eigenvalue weighted by molar-refractivity contribution is -0.870. The predicted octanol–water partition coefficient (Wildman–Crippen LogP) is 12.7. The second-order valence-electron chi connectivity index (χ2n) is 17.1. The number of carbonyl (C=O) groups is 2. The number of quaternary nitrogens is 1. The molecule has 0 saturated carbocycles. The number of ether oxygens (including phenoxy) is 2. The van der Waals surface area contributed by atoms with Crippen molar-refractivity contribution >= 4 is 19.8 Å². The average molecular weight is 816 g/mol. The maximum absolute atomic E-state index is 12.6. The fourth-order valence-corrected chi connectivity index (χ4v) is 7.32. The van der Waals surface area contributed by atoms with Gasteiger partial charge in [-0.3, -0.25) is 14.2 Å². The Hall–Kier alpha value is -1.25. The van der Waals surface area contributed by atoms with Crippen LogP contribution in [-0.4, -0.2) is 70.0 Å². The van der Waals surface area contributed by atoms with E-state index in [0.717, 1.165) is 57.8 Å². The van der Waals surface area contributed by atoms with Gasteiger partial charge in [0.25, 0.3) is 7.82 Å². The van der Waals surface area contributed by atoms with Crippen LogP contribution in [0.5, 0.6) is 0 Å². The molecule has 0 N–H and O–H groups in total. The van der Waals surface area contributed by atoms with Gasteiger partial charge in [0.05, 0.1) is 27.7 Å². The van der Waals surface area contributed by atoms with Crippen molar-refractivity contribution in [2.45, 2.75) is 225 Å². The van der Waals surface area contributed by atoms with Crippen molar-refractivity contribution in [2.75, 3.05) is 47.5 Å². The largest absolute Gasteiger partial charge is 0.756 e. The number of likely N-dealkylation sites (N-methyl/N-ethyl adjacent to an activating group) is 1. The van der Waals surface area contributed by atoms with Crippen LogP contribution in [0.15, 0.2) is 12.2 Å². The van der Waals surface area contributed by atoms with Gasteiger partial charge in [0, 0.05) is 12.8 Å². The lowest BCUT2D eigenvalue weighted by Crippen LogP contribution is -2.37. The highest BCUT2D eigenvalue weighted by Crippen LogP contribution is 2.38. The third-order valence-electron chi connectivity index (χ3n) is 10.3. The first-order chi connectivity index (χ1) is 27.0. The second kappa shape index (κ2) is 39.2. The summed E-state index contributed by atoms with van der Waals surface area (Å²) in [6.07, 6.45) is 41.0. The maximum atomic E-state index is 12.6. The number of rotatable bonds is 43. The highest BCUT2D eigenvalue weighted by Gasteiger charge is 2.21. The van der Waals surface area contributed by atoms with Gasteiger partial charge in [-0.15, -0.1) is 0 Å². The van der Waals surface area contributed by atoms with Crippen molar-refractivity contribution in [3.63, 3.8) is 0 Å². The number of phosphoric ester groups is 1. The summed E-state index contributed by atoms with van der Waals surface area (Å²) in [7, 11) is 1.17. The van der Waals surface area contributed by atoms with Gasteiger partial charge in [-0.1, -0.05) is 180 Å². The van der Waals surface area contributed by atoms with E-state index in [9.17, 15) is 19.0 Å². The molecule has 2 atom stereocenters. The molecule has 0 aromatic rings. The predicted molar refractivity (Wildman–Crippen MR) is 231 cm³/mol. The monoisotopic (exact) mass is 816 g/mol. The summed E-state index contributed by atoms with van der Waals surface area (Å²) in [4.78, 5) is 37.5. The zero-order valence-electron chi connectivity index (χ0n) is 37.3. The fraction of sp³-hybridized carbons (Fsp3) is 0.913. The van der Waals surface area contributed by atoms with E-state index in [0.29, 0.717) is 17.4 Å². The molecule has 332 valence electrons. The number of esters is 2.